The summed E-state index contributed by atoms with van der Waals surface area (Å²) >= 11 is 1.71. The van der Waals surface area contributed by atoms with Gasteiger partial charge in [-0.05, 0) is 19.8 Å². The summed E-state index contributed by atoms with van der Waals surface area (Å²) in [4.78, 5) is 11.7. The van der Waals surface area contributed by atoms with Gasteiger partial charge in [0.15, 0.2) is 16.6 Å². The van der Waals surface area contributed by atoms with Crippen LogP contribution < -0.4 is 4.90 Å². The molecule has 0 N–H and O–H groups in total. The third-order valence-electron chi connectivity index (χ3n) is 4.59. The number of rotatable bonds is 5. The quantitative estimate of drug-likeness (QED) is 0.689. The number of methoxy groups -OCH3 is 1. The molecule has 1 aliphatic heterocycles. The Labute approximate surface area is 149 Å². The zero-order valence-corrected chi connectivity index (χ0v) is 15.5. The molecule has 1 fully saturated rings. The van der Waals surface area contributed by atoms with Crippen molar-refractivity contribution in [2.75, 3.05) is 31.7 Å². The molecule has 4 heterocycles. The van der Waals surface area contributed by atoms with E-state index >= 15 is 0 Å². The van der Waals surface area contributed by atoms with Gasteiger partial charge in [-0.3, -0.25) is 0 Å². The number of hydrogen-bond acceptors (Lipinski definition) is 8. The highest BCUT2D eigenvalue weighted by atomic mass is 32.1. The fourth-order valence-corrected chi connectivity index (χ4v) is 4.36. The van der Waals surface area contributed by atoms with Crippen LogP contribution in [0.2, 0.25) is 0 Å². The molecular weight excluding hydrogens is 340 g/mol. The first-order valence-electron chi connectivity index (χ1n) is 8.52. The second kappa shape index (κ2) is 6.72. The molecule has 0 radical (unpaired) electrons. The molecular formula is C16H22N6O2S. The van der Waals surface area contributed by atoms with E-state index < -0.39 is 0 Å². The van der Waals surface area contributed by atoms with Crippen LogP contribution in [0.15, 0.2) is 4.52 Å². The summed E-state index contributed by atoms with van der Waals surface area (Å²) in [5.41, 5.74) is 1.99. The molecule has 4 rings (SSSR count). The first kappa shape index (κ1) is 16.5. The highest BCUT2D eigenvalue weighted by Gasteiger charge is 2.28. The summed E-state index contributed by atoms with van der Waals surface area (Å²) < 4.78 is 13.6. The molecule has 8 nitrogen and oxygen atoms in total. The van der Waals surface area contributed by atoms with E-state index in [0.29, 0.717) is 13.0 Å². The van der Waals surface area contributed by atoms with E-state index in [1.165, 1.54) is 4.70 Å². The maximum atomic E-state index is 5.49. The van der Waals surface area contributed by atoms with Gasteiger partial charge in [-0.1, -0.05) is 16.5 Å². The molecule has 1 aliphatic rings. The Hall–Kier alpha value is -2.00. The third-order valence-corrected chi connectivity index (χ3v) is 5.80. The zero-order chi connectivity index (χ0) is 17.4. The van der Waals surface area contributed by atoms with Crippen LogP contribution in [0.4, 0.5) is 5.13 Å². The molecule has 3 aromatic rings. The number of ether oxygens (including phenoxy) is 1. The monoisotopic (exact) mass is 362 g/mol. The van der Waals surface area contributed by atoms with Gasteiger partial charge >= 0.3 is 0 Å². The Balaban J connectivity index is 1.51. The number of anilines is 1. The van der Waals surface area contributed by atoms with Crippen molar-refractivity contribution in [2.45, 2.75) is 32.1 Å². The molecule has 0 aromatic carbocycles. The lowest BCUT2D eigenvalue weighted by Crippen LogP contribution is -2.34. The van der Waals surface area contributed by atoms with Crippen molar-refractivity contribution < 1.29 is 9.26 Å². The van der Waals surface area contributed by atoms with E-state index in [2.05, 4.69) is 20.1 Å². The first-order valence-corrected chi connectivity index (χ1v) is 9.34. The van der Waals surface area contributed by atoms with Crippen molar-refractivity contribution in [3.63, 3.8) is 0 Å². The Bertz CT molecular complexity index is 835. The summed E-state index contributed by atoms with van der Waals surface area (Å²) in [6, 6.07) is 0. The van der Waals surface area contributed by atoms with Gasteiger partial charge in [-0.15, -0.1) is 0 Å². The van der Waals surface area contributed by atoms with Crippen LogP contribution in [0.3, 0.4) is 0 Å². The van der Waals surface area contributed by atoms with E-state index in [9.17, 15) is 0 Å². The number of nitrogens with zero attached hydrogens (tertiary/aromatic N) is 6. The highest BCUT2D eigenvalue weighted by molar-refractivity contribution is 7.22. The van der Waals surface area contributed by atoms with E-state index in [1.807, 2.05) is 18.7 Å². The van der Waals surface area contributed by atoms with E-state index in [4.69, 9.17) is 14.2 Å². The number of aryl methyl sites for hydroxylation is 2. The molecule has 0 aliphatic carbocycles. The smallest absolute Gasteiger partial charge is 0.231 e. The molecule has 1 unspecified atom stereocenters. The van der Waals surface area contributed by atoms with Crippen molar-refractivity contribution in [2.24, 2.45) is 7.05 Å². The molecule has 3 aromatic heterocycles. The van der Waals surface area contributed by atoms with Gasteiger partial charge in [0.05, 0.1) is 22.9 Å². The van der Waals surface area contributed by atoms with E-state index in [0.717, 1.165) is 54.1 Å². The van der Waals surface area contributed by atoms with Crippen molar-refractivity contribution >= 4 is 26.8 Å². The number of aromatic nitrogens is 5. The summed E-state index contributed by atoms with van der Waals surface area (Å²) in [6.45, 7) is 4.50. The van der Waals surface area contributed by atoms with Crippen LogP contribution in [0.1, 0.15) is 36.2 Å². The molecule has 0 spiro atoms. The fraction of sp³-hybridized carbons (Fsp3) is 0.625. The Morgan fingerprint density at radius 3 is 3.04 bits per heavy atom. The number of piperidine rings is 1. The molecule has 1 saturated heterocycles. The summed E-state index contributed by atoms with van der Waals surface area (Å²) in [5, 5.41) is 9.55. The lowest BCUT2D eigenvalue weighted by atomic mass is 9.98. The van der Waals surface area contributed by atoms with Crippen LogP contribution >= 0.6 is 11.3 Å². The van der Waals surface area contributed by atoms with Crippen LogP contribution in [-0.4, -0.2) is 51.7 Å². The maximum Gasteiger partial charge on any atom is 0.231 e. The molecule has 134 valence electrons. The topological polar surface area (TPSA) is 82.1 Å². The highest BCUT2D eigenvalue weighted by Crippen LogP contribution is 2.35. The molecule has 0 bridgehead atoms. The lowest BCUT2D eigenvalue weighted by molar-refractivity contribution is 0.199. The lowest BCUT2D eigenvalue weighted by Gasteiger charge is -2.30. The average molecular weight is 362 g/mol. The van der Waals surface area contributed by atoms with Crippen LogP contribution in [-0.2, 0) is 18.2 Å². The van der Waals surface area contributed by atoms with Crippen LogP contribution in [0.5, 0.6) is 0 Å². The van der Waals surface area contributed by atoms with Crippen molar-refractivity contribution in [1.29, 1.82) is 0 Å². The summed E-state index contributed by atoms with van der Waals surface area (Å²) in [6.07, 6.45) is 2.84. The molecule has 0 amide bonds. The Kier molecular flexibility index (Phi) is 4.43. The third kappa shape index (κ3) is 3.13. The van der Waals surface area contributed by atoms with Gasteiger partial charge in [-0.25, -0.2) is 9.67 Å². The predicted molar refractivity (Wildman–Crippen MR) is 95.2 cm³/mol. The molecule has 9 heteroatoms. The Morgan fingerprint density at radius 2 is 2.24 bits per heavy atom. The minimum atomic E-state index is 0.253. The average Bonchev–Trinajstić information content (AvgIpc) is 3.32. The first-order chi connectivity index (χ1) is 12.2. The number of thiazole rings is 1. The van der Waals surface area contributed by atoms with Crippen molar-refractivity contribution in [3.05, 3.63) is 17.4 Å². The van der Waals surface area contributed by atoms with Crippen molar-refractivity contribution in [1.82, 2.24) is 24.9 Å². The molecule has 25 heavy (non-hydrogen) atoms. The maximum absolute atomic E-state index is 5.49. The van der Waals surface area contributed by atoms with Gasteiger partial charge in [0.1, 0.15) is 0 Å². The van der Waals surface area contributed by atoms with E-state index in [-0.39, 0.29) is 5.92 Å². The molecule has 0 saturated carbocycles. The summed E-state index contributed by atoms with van der Waals surface area (Å²) in [7, 11) is 3.62. The molecule has 1 atom stereocenters. The second-order valence-electron chi connectivity index (χ2n) is 6.43. The summed E-state index contributed by atoms with van der Waals surface area (Å²) in [5.74, 6) is 1.70. The van der Waals surface area contributed by atoms with Crippen LogP contribution in [0.25, 0.3) is 10.3 Å². The minimum absolute atomic E-state index is 0.253. The van der Waals surface area contributed by atoms with Gasteiger partial charge in [0.25, 0.3) is 0 Å². The normalized spacial score (nSPS) is 18.4. The zero-order valence-electron chi connectivity index (χ0n) is 14.7. The predicted octanol–water partition coefficient (Wildman–Crippen LogP) is 2.29. The fourth-order valence-electron chi connectivity index (χ4n) is 3.29. The Morgan fingerprint density at radius 1 is 1.36 bits per heavy atom. The van der Waals surface area contributed by atoms with Crippen molar-refractivity contribution in [3.8, 4) is 0 Å². The SMILES string of the molecule is COCCc1noc(C2CCCN(c3nc4c(s3)c(C)nn4C)C2)n1. The second-order valence-corrected chi connectivity index (χ2v) is 7.41. The van der Waals surface area contributed by atoms with Gasteiger partial charge in [0.2, 0.25) is 5.89 Å². The largest absolute Gasteiger partial charge is 0.384 e. The minimum Gasteiger partial charge on any atom is -0.384 e. The number of hydrogen-bond donors (Lipinski definition) is 0. The van der Waals surface area contributed by atoms with E-state index in [1.54, 1.807) is 18.4 Å². The van der Waals surface area contributed by atoms with Crippen LogP contribution in [0, 0.1) is 6.92 Å². The number of fused-ring (bicyclic) bond motifs is 1. The van der Waals surface area contributed by atoms with Gasteiger partial charge < -0.3 is 14.2 Å². The standard InChI is InChI=1S/C16H22N6O2S/c1-10-13-14(21(2)19-10)18-16(25-13)22-7-4-5-11(9-22)15-17-12(20-24-15)6-8-23-3/h11H,4-9H2,1-3H3. The van der Waals surface area contributed by atoms with Gasteiger partial charge in [0, 0.05) is 33.7 Å². The van der Waals surface area contributed by atoms with Gasteiger partial charge in [-0.2, -0.15) is 10.1 Å².